The Morgan fingerprint density at radius 1 is 1.44 bits per heavy atom. The van der Waals surface area contributed by atoms with Gasteiger partial charge in [0, 0.05) is 18.9 Å². The minimum Gasteiger partial charge on any atom is -0.298 e. The molecule has 0 atom stereocenters. The van der Waals surface area contributed by atoms with Gasteiger partial charge < -0.3 is 0 Å². The number of hydrogen-bond donors (Lipinski definition) is 0. The third kappa shape index (κ3) is 1.73. The molecular weight excluding hydrogens is 206 g/mol. The standard InChI is InChI=1S/C10H13N5O/c1-7-10(6-16)8(2)15(12-7)5-9-4-14(3)13-11-9/h4,6H,5H2,1-3H3. The number of aldehydes is 1. The zero-order valence-corrected chi connectivity index (χ0v) is 9.51. The van der Waals surface area contributed by atoms with E-state index >= 15 is 0 Å². The van der Waals surface area contributed by atoms with Gasteiger partial charge in [0.25, 0.3) is 0 Å². The SMILES string of the molecule is Cc1nn(Cc2cn(C)nn2)c(C)c1C=O. The largest absolute Gasteiger partial charge is 0.298 e. The molecule has 2 aromatic heterocycles. The molecule has 0 saturated heterocycles. The first-order valence-corrected chi connectivity index (χ1v) is 4.96. The molecule has 0 aliphatic heterocycles. The summed E-state index contributed by atoms with van der Waals surface area (Å²) in [5, 5.41) is 12.1. The minimum atomic E-state index is 0.536. The molecule has 2 heterocycles. The van der Waals surface area contributed by atoms with Gasteiger partial charge in [-0.05, 0) is 13.8 Å². The van der Waals surface area contributed by atoms with E-state index in [9.17, 15) is 4.79 Å². The van der Waals surface area contributed by atoms with E-state index in [4.69, 9.17) is 0 Å². The Labute approximate surface area is 92.9 Å². The molecule has 16 heavy (non-hydrogen) atoms. The fourth-order valence-electron chi connectivity index (χ4n) is 1.66. The average Bonchev–Trinajstić information content (AvgIpc) is 2.74. The van der Waals surface area contributed by atoms with Crippen LogP contribution in [0.2, 0.25) is 0 Å². The molecule has 6 heteroatoms. The number of aromatic nitrogens is 5. The molecule has 0 bridgehead atoms. The number of rotatable bonds is 3. The summed E-state index contributed by atoms with van der Waals surface area (Å²) in [7, 11) is 1.81. The van der Waals surface area contributed by atoms with Gasteiger partial charge >= 0.3 is 0 Å². The highest BCUT2D eigenvalue weighted by Gasteiger charge is 2.11. The Bertz CT molecular complexity index is 525. The Kier molecular flexibility index (Phi) is 2.55. The summed E-state index contributed by atoms with van der Waals surface area (Å²) in [6.45, 7) is 4.23. The minimum absolute atomic E-state index is 0.536. The fraction of sp³-hybridized carbons (Fsp3) is 0.400. The number of carbonyl (C=O) groups excluding carboxylic acids is 1. The molecule has 0 aromatic carbocycles. The van der Waals surface area contributed by atoms with Crippen molar-refractivity contribution in [2.24, 2.45) is 7.05 Å². The zero-order valence-electron chi connectivity index (χ0n) is 9.51. The maximum atomic E-state index is 10.8. The number of nitrogens with zero attached hydrogens (tertiary/aromatic N) is 5. The highest BCUT2D eigenvalue weighted by molar-refractivity contribution is 5.78. The maximum absolute atomic E-state index is 10.8. The lowest BCUT2D eigenvalue weighted by atomic mass is 10.2. The normalized spacial score (nSPS) is 10.7. The second kappa shape index (κ2) is 3.88. The highest BCUT2D eigenvalue weighted by Crippen LogP contribution is 2.11. The van der Waals surface area contributed by atoms with E-state index in [0.717, 1.165) is 23.4 Å². The smallest absolute Gasteiger partial charge is 0.153 e. The van der Waals surface area contributed by atoms with Gasteiger partial charge in [0.15, 0.2) is 6.29 Å². The van der Waals surface area contributed by atoms with Crippen LogP contribution in [0.1, 0.15) is 27.4 Å². The van der Waals surface area contributed by atoms with Crippen LogP contribution >= 0.6 is 0 Å². The third-order valence-corrected chi connectivity index (χ3v) is 2.52. The quantitative estimate of drug-likeness (QED) is 0.705. The monoisotopic (exact) mass is 219 g/mol. The Balaban J connectivity index is 2.31. The highest BCUT2D eigenvalue weighted by atomic mass is 16.1. The van der Waals surface area contributed by atoms with E-state index in [-0.39, 0.29) is 0 Å². The van der Waals surface area contributed by atoms with Crippen molar-refractivity contribution in [2.75, 3.05) is 0 Å². The van der Waals surface area contributed by atoms with Crippen molar-refractivity contribution < 1.29 is 4.79 Å². The van der Waals surface area contributed by atoms with Gasteiger partial charge in [0.2, 0.25) is 0 Å². The van der Waals surface area contributed by atoms with E-state index in [1.807, 2.05) is 27.1 Å². The predicted molar refractivity (Wildman–Crippen MR) is 57.2 cm³/mol. The number of hydrogen-bond acceptors (Lipinski definition) is 4. The Hall–Kier alpha value is -1.98. The Morgan fingerprint density at radius 3 is 2.69 bits per heavy atom. The van der Waals surface area contributed by atoms with Crippen molar-refractivity contribution in [3.8, 4) is 0 Å². The van der Waals surface area contributed by atoms with E-state index in [2.05, 4.69) is 15.4 Å². The summed E-state index contributed by atoms with van der Waals surface area (Å²) in [5.41, 5.74) is 3.09. The van der Waals surface area contributed by atoms with Crippen molar-refractivity contribution in [3.63, 3.8) is 0 Å². The molecule has 0 aliphatic carbocycles. The van der Waals surface area contributed by atoms with Gasteiger partial charge in [-0.25, -0.2) is 0 Å². The van der Waals surface area contributed by atoms with Crippen LogP contribution in [0, 0.1) is 13.8 Å². The third-order valence-electron chi connectivity index (χ3n) is 2.52. The van der Waals surface area contributed by atoms with E-state index in [0.29, 0.717) is 12.1 Å². The summed E-state index contributed by atoms with van der Waals surface area (Å²) in [4.78, 5) is 10.8. The molecular formula is C10H13N5O. The van der Waals surface area contributed by atoms with Gasteiger partial charge in [-0.1, -0.05) is 5.21 Å². The van der Waals surface area contributed by atoms with Crippen molar-refractivity contribution in [3.05, 3.63) is 28.8 Å². The lowest BCUT2D eigenvalue weighted by molar-refractivity contribution is 0.112. The van der Waals surface area contributed by atoms with Crippen LogP contribution in [0.4, 0.5) is 0 Å². The second-order valence-electron chi connectivity index (χ2n) is 3.74. The summed E-state index contributed by atoms with van der Waals surface area (Å²) in [6, 6.07) is 0. The topological polar surface area (TPSA) is 65.6 Å². The maximum Gasteiger partial charge on any atom is 0.153 e. The van der Waals surface area contributed by atoms with Crippen molar-refractivity contribution in [1.82, 2.24) is 24.8 Å². The summed E-state index contributed by atoms with van der Waals surface area (Å²) < 4.78 is 3.41. The first-order chi connectivity index (χ1) is 7.61. The molecule has 6 nitrogen and oxygen atoms in total. The molecule has 2 rings (SSSR count). The molecule has 0 saturated carbocycles. The zero-order chi connectivity index (χ0) is 11.7. The second-order valence-corrected chi connectivity index (χ2v) is 3.74. The van der Waals surface area contributed by atoms with E-state index in [1.165, 1.54) is 0 Å². The number of aryl methyl sites for hydroxylation is 2. The molecule has 0 spiro atoms. The van der Waals surface area contributed by atoms with E-state index < -0.39 is 0 Å². The van der Waals surface area contributed by atoms with Crippen LogP contribution in [-0.2, 0) is 13.6 Å². The van der Waals surface area contributed by atoms with Gasteiger partial charge in [-0.15, -0.1) is 5.10 Å². The Morgan fingerprint density at radius 2 is 2.19 bits per heavy atom. The van der Waals surface area contributed by atoms with Crippen molar-refractivity contribution >= 4 is 6.29 Å². The van der Waals surface area contributed by atoms with E-state index in [1.54, 1.807) is 9.36 Å². The molecule has 0 fully saturated rings. The van der Waals surface area contributed by atoms with Crippen LogP contribution in [-0.4, -0.2) is 31.1 Å². The summed E-state index contributed by atoms with van der Waals surface area (Å²) in [5.74, 6) is 0. The molecule has 0 N–H and O–H groups in total. The summed E-state index contributed by atoms with van der Waals surface area (Å²) >= 11 is 0. The fourth-order valence-corrected chi connectivity index (χ4v) is 1.66. The average molecular weight is 219 g/mol. The van der Waals surface area contributed by atoms with Gasteiger partial charge in [0.05, 0.1) is 17.8 Å². The first kappa shape index (κ1) is 10.5. The van der Waals surface area contributed by atoms with Gasteiger partial charge in [-0.3, -0.25) is 14.2 Å². The van der Waals surface area contributed by atoms with Gasteiger partial charge in [-0.2, -0.15) is 5.10 Å². The van der Waals surface area contributed by atoms with Crippen LogP contribution in [0.5, 0.6) is 0 Å². The van der Waals surface area contributed by atoms with Crippen LogP contribution in [0.3, 0.4) is 0 Å². The lowest BCUT2D eigenvalue weighted by Crippen LogP contribution is -2.04. The van der Waals surface area contributed by atoms with Crippen molar-refractivity contribution in [1.29, 1.82) is 0 Å². The van der Waals surface area contributed by atoms with Crippen LogP contribution in [0.15, 0.2) is 6.20 Å². The summed E-state index contributed by atoms with van der Waals surface area (Å²) in [6.07, 6.45) is 2.67. The molecule has 0 unspecified atom stereocenters. The number of carbonyl (C=O) groups is 1. The molecule has 0 aliphatic rings. The molecule has 2 aromatic rings. The molecule has 84 valence electrons. The first-order valence-electron chi connectivity index (χ1n) is 4.96. The van der Waals surface area contributed by atoms with Crippen LogP contribution < -0.4 is 0 Å². The predicted octanol–water partition coefficient (Wildman–Crippen LogP) is 0.489. The molecule has 0 radical (unpaired) electrons. The molecule has 0 amide bonds. The van der Waals surface area contributed by atoms with Crippen molar-refractivity contribution in [2.45, 2.75) is 20.4 Å². The van der Waals surface area contributed by atoms with Gasteiger partial charge in [0.1, 0.15) is 5.69 Å². The lowest BCUT2D eigenvalue weighted by Gasteiger charge is -2.00. The van der Waals surface area contributed by atoms with Crippen LogP contribution in [0.25, 0.3) is 0 Å².